The van der Waals surface area contributed by atoms with Crippen LogP contribution >= 0.6 is 0 Å². The Hall–Kier alpha value is -8.48. The molecule has 0 fully saturated rings. The summed E-state index contributed by atoms with van der Waals surface area (Å²) in [4.78, 5) is 22.9. The van der Waals surface area contributed by atoms with E-state index in [1.807, 2.05) is 97.3 Å². The Bertz CT molecular complexity index is 3770. The Labute approximate surface area is 424 Å². The minimum absolute atomic E-state index is 0. The molecule has 7 heteroatoms. The standard InChI is InChI=1S/C64H42N2O4.Ir/c1-40(67)34-47(68)31-28-41-14-2-3-15-48(41)44-35-45(51-18-6-4-16-49(51)42-29-32-59(65-38-42)57-24-12-22-55-53-20-8-10-26-61(53)69-63(55)57)37-46(36-44)52-19-7-5-17-50(52)43-30-33-60(66-39-43)58-25-13-23-56-54-21-9-11-27-62(54)70-64(56)58;/h2-23,26-27,29-30,32-39,67H,28,31H2,1H3;/q-2;/b40-34-;. The first kappa shape index (κ1) is 45.0. The molecule has 0 aliphatic heterocycles. The number of aliphatic hydroxyl groups excluding tert-OH is 1. The molecule has 0 saturated carbocycles. The fourth-order valence-electron chi connectivity index (χ4n) is 9.81. The molecule has 0 atom stereocenters. The molecule has 4 aromatic heterocycles. The smallest absolute Gasteiger partial charge is 0.159 e. The second-order valence-corrected chi connectivity index (χ2v) is 17.6. The van der Waals surface area contributed by atoms with Crippen LogP contribution in [0.2, 0.25) is 0 Å². The van der Waals surface area contributed by atoms with Crippen molar-refractivity contribution in [2.24, 2.45) is 0 Å². The number of hydrogen-bond donors (Lipinski definition) is 1. The number of ketones is 1. The third-order valence-electron chi connectivity index (χ3n) is 13.1. The zero-order chi connectivity index (χ0) is 47.1. The molecule has 0 spiro atoms. The number of carbonyl (C=O) groups excluding carboxylic acids is 1. The first-order chi connectivity index (χ1) is 34.4. The summed E-state index contributed by atoms with van der Waals surface area (Å²) in [5.41, 5.74) is 17.6. The molecular weight excluding hydrogens is 1050 g/mol. The first-order valence-corrected chi connectivity index (χ1v) is 23.3. The summed E-state index contributed by atoms with van der Waals surface area (Å²) >= 11 is 0. The van der Waals surface area contributed by atoms with E-state index in [0.717, 1.165) is 128 Å². The first-order valence-electron chi connectivity index (χ1n) is 23.3. The van der Waals surface area contributed by atoms with E-state index in [-0.39, 0.29) is 38.1 Å². The number of hydrogen-bond acceptors (Lipinski definition) is 6. The SMILES string of the molecule is C/C(O)=C/C(=O)CCc1ccccc1-c1cc(-c2ccccc2-c2ccc(-c3[c-]ccc4c3oc3ccccc34)nc2)cc(-c2ccccc2-c2ccc(-c3[c-]ccc4c3oc3ccccc34)nc2)c1.[Ir]. The minimum atomic E-state index is -0.120. The Morgan fingerprint density at radius 2 is 0.930 bits per heavy atom. The number of nitrogens with zero attached hydrogens (tertiary/aromatic N) is 2. The van der Waals surface area contributed by atoms with E-state index in [1.54, 1.807) is 0 Å². The summed E-state index contributed by atoms with van der Waals surface area (Å²) in [6, 6.07) is 71.1. The van der Waals surface area contributed by atoms with E-state index in [2.05, 4.69) is 115 Å². The van der Waals surface area contributed by atoms with E-state index in [9.17, 15) is 9.90 Å². The molecule has 0 aliphatic carbocycles. The molecule has 71 heavy (non-hydrogen) atoms. The fraction of sp³-hybridized carbons (Fsp3) is 0.0469. The van der Waals surface area contributed by atoms with Gasteiger partial charge in [0.15, 0.2) is 5.78 Å². The van der Waals surface area contributed by atoms with Crippen LogP contribution in [0, 0.1) is 12.1 Å². The number of aryl methyl sites for hydroxylation is 1. The summed E-state index contributed by atoms with van der Waals surface area (Å²) in [7, 11) is 0. The maximum Gasteiger partial charge on any atom is 0.159 e. The second-order valence-electron chi connectivity index (χ2n) is 17.6. The van der Waals surface area contributed by atoms with Gasteiger partial charge in [-0.2, -0.15) is 0 Å². The van der Waals surface area contributed by atoms with E-state index in [4.69, 9.17) is 18.8 Å². The van der Waals surface area contributed by atoms with Crippen LogP contribution in [-0.4, -0.2) is 20.9 Å². The van der Waals surface area contributed by atoms with Crippen LogP contribution in [-0.2, 0) is 31.3 Å². The Balaban J connectivity index is 0.00000547. The molecule has 1 N–H and O–H groups in total. The number of fused-ring (bicyclic) bond motifs is 6. The average Bonchev–Trinajstić information content (AvgIpc) is 3.99. The molecular formula is C64H42IrN2O4-2. The maximum absolute atomic E-state index is 12.8. The second kappa shape index (κ2) is 19.1. The Morgan fingerprint density at radius 3 is 1.39 bits per heavy atom. The van der Waals surface area contributed by atoms with Gasteiger partial charge in [-0.25, -0.2) is 0 Å². The molecule has 343 valence electrons. The van der Waals surface area contributed by atoms with Crippen molar-refractivity contribution in [3.05, 3.63) is 230 Å². The van der Waals surface area contributed by atoms with E-state index in [1.165, 1.54) is 13.0 Å². The zero-order valence-corrected chi connectivity index (χ0v) is 40.8. The van der Waals surface area contributed by atoms with Crippen LogP contribution in [0.3, 0.4) is 0 Å². The molecule has 12 aromatic rings. The third-order valence-corrected chi connectivity index (χ3v) is 13.1. The fourth-order valence-corrected chi connectivity index (χ4v) is 9.81. The number of aromatic nitrogens is 2. The molecule has 0 bridgehead atoms. The monoisotopic (exact) mass is 1100 g/mol. The average molecular weight is 1100 g/mol. The molecule has 0 amide bonds. The van der Waals surface area contributed by atoms with Gasteiger partial charge in [0.2, 0.25) is 0 Å². The number of furan rings is 2. The van der Waals surface area contributed by atoms with Crippen molar-refractivity contribution in [1.29, 1.82) is 0 Å². The molecule has 12 rings (SSSR count). The molecule has 4 heterocycles. The molecule has 0 aliphatic rings. The van der Waals surface area contributed by atoms with Gasteiger partial charge in [0.1, 0.15) is 11.2 Å². The summed E-state index contributed by atoms with van der Waals surface area (Å²) in [6.07, 6.45) is 5.94. The summed E-state index contributed by atoms with van der Waals surface area (Å²) < 4.78 is 12.7. The van der Waals surface area contributed by atoms with Crippen LogP contribution in [0.4, 0.5) is 0 Å². The van der Waals surface area contributed by atoms with Gasteiger partial charge >= 0.3 is 0 Å². The number of para-hydroxylation sites is 2. The van der Waals surface area contributed by atoms with Gasteiger partial charge in [-0.1, -0.05) is 155 Å². The van der Waals surface area contributed by atoms with Gasteiger partial charge in [-0.05, 0) is 116 Å². The van der Waals surface area contributed by atoms with Gasteiger partial charge in [0, 0.05) is 55.8 Å². The molecule has 0 saturated heterocycles. The van der Waals surface area contributed by atoms with E-state index < -0.39 is 0 Å². The number of benzene rings is 8. The number of allylic oxidation sites excluding steroid dienone is 2. The van der Waals surface area contributed by atoms with Crippen LogP contribution in [0.25, 0.3) is 122 Å². The van der Waals surface area contributed by atoms with E-state index >= 15 is 0 Å². The predicted octanol–water partition coefficient (Wildman–Crippen LogP) is 16.5. The van der Waals surface area contributed by atoms with E-state index in [0.29, 0.717) is 6.42 Å². The largest absolute Gasteiger partial charge is 0.512 e. The van der Waals surface area contributed by atoms with Gasteiger partial charge in [0.05, 0.1) is 16.9 Å². The minimum Gasteiger partial charge on any atom is -0.512 e. The van der Waals surface area contributed by atoms with Crippen molar-refractivity contribution in [2.45, 2.75) is 19.8 Å². The van der Waals surface area contributed by atoms with Crippen molar-refractivity contribution >= 4 is 49.7 Å². The topological polar surface area (TPSA) is 89.4 Å². The van der Waals surface area contributed by atoms with Crippen molar-refractivity contribution in [3.8, 4) is 78.1 Å². The van der Waals surface area contributed by atoms with Gasteiger partial charge < -0.3 is 23.9 Å². The molecule has 8 aromatic carbocycles. The van der Waals surface area contributed by atoms with Gasteiger partial charge in [-0.15, -0.1) is 36.4 Å². The normalized spacial score (nSPS) is 11.6. The van der Waals surface area contributed by atoms with Crippen molar-refractivity contribution in [2.75, 3.05) is 0 Å². The Morgan fingerprint density at radius 1 is 0.507 bits per heavy atom. The summed E-state index contributed by atoms with van der Waals surface area (Å²) in [5, 5.41) is 14.0. The number of rotatable bonds is 11. The Kier molecular flexibility index (Phi) is 12.1. The molecule has 0 unspecified atom stereocenters. The van der Waals surface area contributed by atoms with Crippen molar-refractivity contribution < 1.29 is 38.8 Å². The zero-order valence-electron chi connectivity index (χ0n) is 38.4. The number of pyridine rings is 2. The molecule has 6 nitrogen and oxygen atoms in total. The van der Waals surface area contributed by atoms with Crippen molar-refractivity contribution in [3.63, 3.8) is 0 Å². The molecule has 1 radical (unpaired) electrons. The van der Waals surface area contributed by atoms with Crippen LogP contribution < -0.4 is 0 Å². The quantitative estimate of drug-likeness (QED) is 0.0789. The summed E-state index contributed by atoms with van der Waals surface area (Å²) in [5.74, 6) is -0.114. The van der Waals surface area contributed by atoms with Crippen molar-refractivity contribution in [1.82, 2.24) is 9.97 Å². The van der Waals surface area contributed by atoms with Gasteiger partial charge in [-0.3, -0.25) is 4.79 Å². The third kappa shape index (κ3) is 8.56. The van der Waals surface area contributed by atoms with Crippen LogP contribution in [0.15, 0.2) is 221 Å². The predicted molar refractivity (Wildman–Crippen MR) is 282 cm³/mol. The number of aliphatic hydroxyl groups is 1. The summed E-state index contributed by atoms with van der Waals surface area (Å²) in [6.45, 7) is 1.52. The number of carbonyl (C=O) groups is 1. The maximum atomic E-state index is 12.8. The van der Waals surface area contributed by atoms with Crippen LogP contribution in [0.5, 0.6) is 0 Å². The van der Waals surface area contributed by atoms with Gasteiger partial charge in [0.25, 0.3) is 0 Å². The van der Waals surface area contributed by atoms with Crippen LogP contribution in [0.1, 0.15) is 18.9 Å².